The van der Waals surface area contributed by atoms with E-state index in [1.807, 2.05) is 31.2 Å². The van der Waals surface area contributed by atoms with Gasteiger partial charge in [-0.1, -0.05) is 17.7 Å². The van der Waals surface area contributed by atoms with Crippen molar-refractivity contribution in [1.82, 2.24) is 19.2 Å². The summed E-state index contributed by atoms with van der Waals surface area (Å²) in [4.78, 5) is 8.22. The maximum atomic E-state index is 12.0. The Morgan fingerprint density at radius 3 is 2.59 bits per heavy atom. The lowest BCUT2D eigenvalue weighted by Gasteiger charge is -2.07. The topological polar surface area (TPSA) is 89.8 Å². The van der Waals surface area contributed by atoms with Gasteiger partial charge >= 0.3 is 0 Å². The number of fused-ring (bicyclic) bond motifs is 1. The van der Waals surface area contributed by atoms with Crippen LogP contribution in [0.15, 0.2) is 36.8 Å². The summed E-state index contributed by atoms with van der Waals surface area (Å²) in [5.41, 5.74) is 2.28. The Balaban J connectivity index is 2.07. The van der Waals surface area contributed by atoms with Crippen molar-refractivity contribution < 1.29 is 8.42 Å². The fourth-order valence-corrected chi connectivity index (χ4v) is 2.87. The molecule has 1 aromatic carbocycles. The molecule has 0 aliphatic heterocycles. The monoisotopic (exact) mass is 317 g/mol. The van der Waals surface area contributed by atoms with Crippen molar-refractivity contribution in [2.45, 2.75) is 13.8 Å². The van der Waals surface area contributed by atoms with Gasteiger partial charge in [-0.2, -0.15) is 5.10 Å². The van der Waals surface area contributed by atoms with Gasteiger partial charge in [-0.25, -0.2) is 18.4 Å². The first kappa shape index (κ1) is 14.5. The van der Waals surface area contributed by atoms with E-state index >= 15 is 0 Å². The van der Waals surface area contributed by atoms with Crippen molar-refractivity contribution >= 4 is 32.6 Å². The number of benzene rings is 1. The molecular formula is C14H15N5O2S. The van der Waals surface area contributed by atoms with E-state index in [1.54, 1.807) is 6.92 Å². The Hall–Kier alpha value is -2.48. The molecule has 0 aliphatic carbocycles. The maximum absolute atomic E-state index is 12.0. The van der Waals surface area contributed by atoms with Crippen LogP contribution in [-0.4, -0.2) is 33.3 Å². The minimum absolute atomic E-state index is 0.0471. The van der Waals surface area contributed by atoms with Crippen LogP contribution in [0.25, 0.3) is 11.0 Å². The molecule has 0 unspecified atom stereocenters. The highest BCUT2D eigenvalue weighted by atomic mass is 32.2. The van der Waals surface area contributed by atoms with Gasteiger partial charge in [-0.3, -0.25) is 0 Å². The zero-order chi connectivity index (χ0) is 15.7. The Morgan fingerprint density at radius 1 is 1.18 bits per heavy atom. The van der Waals surface area contributed by atoms with E-state index in [2.05, 4.69) is 20.4 Å². The maximum Gasteiger partial charge on any atom is 0.255 e. The van der Waals surface area contributed by atoms with Crippen LogP contribution in [0.2, 0.25) is 0 Å². The van der Waals surface area contributed by atoms with Crippen molar-refractivity contribution in [1.29, 1.82) is 0 Å². The molecule has 0 fully saturated rings. The van der Waals surface area contributed by atoms with Gasteiger partial charge in [-0.15, -0.1) is 4.09 Å². The number of rotatable bonds is 4. The zero-order valence-corrected chi connectivity index (χ0v) is 13.0. The molecule has 0 atom stereocenters. The molecule has 0 amide bonds. The van der Waals surface area contributed by atoms with Crippen molar-refractivity contribution in [2.75, 3.05) is 11.1 Å². The first-order chi connectivity index (χ1) is 10.5. The second-order valence-electron chi connectivity index (χ2n) is 4.84. The number of hydrogen-bond donors (Lipinski definition) is 1. The molecule has 3 aromatic rings. The van der Waals surface area contributed by atoms with Crippen LogP contribution < -0.4 is 5.32 Å². The molecular weight excluding hydrogens is 302 g/mol. The van der Waals surface area contributed by atoms with Crippen LogP contribution in [0.4, 0.5) is 11.5 Å². The predicted molar refractivity (Wildman–Crippen MR) is 84.6 cm³/mol. The predicted octanol–water partition coefficient (Wildman–Crippen LogP) is 2.08. The molecule has 0 bridgehead atoms. The second-order valence-corrected chi connectivity index (χ2v) is 6.93. The summed E-state index contributed by atoms with van der Waals surface area (Å²) in [6, 6.07) is 7.81. The molecule has 0 saturated carbocycles. The van der Waals surface area contributed by atoms with E-state index in [0.717, 1.165) is 15.3 Å². The number of hydrogen-bond acceptors (Lipinski definition) is 6. The number of aromatic nitrogens is 4. The zero-order valence-electron chi connectivity index (χ0n) is 12.2. The van der Waals surface area contributed by atoms with E-state index in [-0.39, 0.29) is 11.4 Å². The third kappa shape index (κ3) is 2.52. The summed E-state index contributed by atoms with van der Waals surface area (Å²) in [6.45, 7) is 3.57. The molecule has 0 aliphatic rings. The van der Waals surface area contributed by atoms with Gasteiger partial charge in [0.25, 0.3) is 10.0 Å². The molecule has 22 heavy (non-hydrogen) atoms. The van der Waals surface area contributed by atoms with Crippen LogP contribution in [0.3, 0.4) is 0 Å². The Labute approximate surface area is 128 Å². The summed E-state index contributed by atoms with van der Waals surface area (Å²) in [5, 5.41) is 7.65. The summed E-state index contributed by atoms with van der Waals surface area (Å²) < 4.78 is 25.0. The first-order valence-corrected chi connectivity index (χ1v) is 8.38. The number of nitrogens with one attached hydrogen (secondary N) is 1. The first-order valence-electron chi connectivity index (χ1n) is 6.77. The van der Waals surface area contributed by atoms with E-state index in [4.69, 9.17) is 0 Å². The van der Waals surface area contributed by atoms with Gasteiger partial charge in [0, 0.05) is 5.69 Å². The van der Waals surface area contributed by atoms with Gasteiger partial charge in [-0.05, 0) is 26.0 Å². The summed E-state index contributed by atoms with van der Waals surface area (Å²) in [5.74, 6) is 0.473. The highest BCUT2D eigenvalue weighted by Gasteiger charge is 2.18. The van der Waals surface area contributed by atoms with Gasteiger partial charge < -0.3 is 5.32 Å². The Bertz CT molecular complexity index is 916. The molecule has 0 spiro atoms. The van der Waals surface area contributed by atoms with Crippen molar-refractivity contribution in [2.24, 2.45) is 0 Å². The molecule has 0 radical (unpaired) electrons. The molecule has 0 saturated heterocycles. The van der Waals surface area contributed by atoms with Crippen LogP contribution in [-0.2, 0) is 10.0 Å². The van der Waals surface area contributed by atoms with Crippen molar-refractivity contribution in [3.63, 3.8) is 0 Å². The fraction of sp³-hybridized carbons (Fsp3) is 0.214. The number of aryl methyl sites for hydroxylation is 1. The molecule has 2 aromatic heterocycles. The minimum atomic E-state index is -3.49. The van der Waals surface area contributed by atoms with Crippen molar-refractivity contribution in [3.8, 4) is 0 Å². The van der Waals surface area contributed by atoms with Crippen LogP contribution in [0, 0.1) is 6.92 Å². The molecule has 3 rings (SSSR count). The van der Waals surface area contributed by atoms with E-state index in [1.165, 1.54) is 12.5 Å². The van der Waals surface area contributed by atoms with Crippen molar-refractivity contribution in [3.05, 3.63) is 42.4 Å². The van der Waals surface area contributed by atoms with Crippen LogP contribution in [0.5, 0.6) is 0 Å². The van der Waals surface area contributed by atoms with Gasteiger partial charge in [0.2, 0.25) is 0 Å². The quantitative estimate of drug-likeness (QED) is 0.792. The van der Waals surface area contributed by atoms with Crippen LogP contribution >= 0.6 is 0 Å². The van der Waals surface area contributed by atoms with Gasteiger partial charge in [0.15, 0.2) is 5.65 Å². The summed E-state index contributed by atoms with van der Waals surface area (Å²) in [7, 11) is -3.49. The normalized spacial score (nSPS) is 11.7. The highest BCUT2D eigenvalue weighted by molar-refractivity contribution is 7.89. The third-order valence-corrected chi connectivity index (χ3v) is 4.80. The van der Waals surface area contributed by atoms with Crippen LogP contribution in [0.1, 0.15) is 12.5 Å². The highest BCUT2D eigenvalue weighted by Crippen LogP contribution is 2.23. The fourth-order valence-electron chi connectivity index (χ4n) is 2.02. The van der Waals surface area contributed by atoms with E-state index in [9.17, 15) is 8.42 Å². The largest absolute Gasteiger partial charge is 0.340 e. The summed E-state index contributed by atoms with van der Waals surface area (Å²) in [6.07, 6.45) is 2.78. The number of anilines is 2. The SMILES string of the molecule is CCS(=O)(=O)n1ncc2c(Nc3ccc(C)cc3)ncnc21. The van der Waals surface area contributed by atoms with E-state index in [0.29, 0.717) is 11.2 Å². The molecule has 1 N–H and O–H groups in total. The second kappa shape index (κ2) is 5.38. The minimum Gasteiger partial charge on any atom is -0.340 e. The standard InChI is InChI=1S/C14H15N5O2S/c1-3-22(20,21)19-14-12(8-17-19)13(15-9-16-14)18-11-6-4-10(2)5-7-11/h4-9H,3H2,1-2H3,(H,15,16,18). The molecule has 2 heterocycles. The molecule has 7 nitrogen and oxygen atoms in total. The lowest BCUT2D eigenvalue weighted by molar-refractivity contribution is 0.583. The molecule has 8 heteroatoms. The Kier molecular flexibility index (Phi) is 3.53. The Morgan fingerprint density at radius 2 is 1.91 bits per heavy atom. The smallest absolute Gasteiger partial charge is 0.255 e. The average Bonchev–Trinajstić information content (AvgIpc) is 2.95. The van der Waals surface area contributed by atoms with Gasteiger partial charge in [0.1, 0.15) is 12.1 Å². The third-order valence-electron chi connectivity index (χ3n) is 3.28. The molecule has 114 valence electrons. The lowest BCUT2D eigenvalue weighted by Crippen LogP contribution is -2.16. The average molecular weight is 317 g/mol. The summed E-state index contributed by atoms with van der Waals surface area (Å²) >= 11 is 0. The van der Waals surface area contributed by atoms with Gasteiger partial charge in [0.05, 0.1) is 17.3 Å². The lowest BCUT2D eigenvalue weighted by atomic mass is 10.2. The number of nitrogens with zero attached hydrogens (tertiary/aromatic N) is 4. The van der Waals surface area contributed by atoms with E-state index < -0.39 is 10.0 Å².